The number of nitrogen functional groups attached to an aromatic ring is 1. The molecule has 2 heterocycles. The molecule has 0 spiro atoms. The molecule has 1 amide bonds. The Balaban J connectivity index is 1.81. The van der Waals surface area contributed by atoms with Crippen molar-refractivity contribution in [3.8, 4) is 17.0 Å². The van der Waals surface area contributed by atoms with Crippen LogP contribution in [0.25, 0.3) is 22.0 Å². The summed E-state index contributed by atoms with van der Waals surface area (Å²) in [6.45, 7) is 5.23. The van der Waals surface area contributed by atoms with Gasteiger partial charge in [-0.1, -0.05) is 55.0 Å². The van der Waals surface area contributed by atoms with E-state index in [9.17, 15) is 4.79 Å². The molecule has 4 rings (SSSR count). The number of benzene rings is 2. The molecule has 0 saturated heterocycles. The van der Waals surface area contributed by atoms with E-state index in [0.717, 1.165) is 34.0 Å². The molecule has 0 fully saturated rings. The van der Waals surface area contributed by atoms with Crippen LogP contribution in [0.5, 0.6) is 5.75 Å². The summed E-state index contributed by atoms with van der Waals surface area (Å²) in [6.07, 6.45) is 4.25. The molecule has 0 radical (unpaired) electrons. The maximum atomic E-state index is 12.5. The fourth-order valence-electron chi connectivity index (χ4n) is 3.75. The minimum absolute atomic E-state index is 0.239. The van der Waals surface area contributed by atoms with Gasteiger partial charge in [-0.15, -0.1) is 0 Å². The van der Waals surface area contributed by atoms with Crippen molar-refractivity contribution in [1.29, 1.82) is 0 Å². The summed E-state index contributed by atoms with van der Waals surface area (Å²) in [4.78, 5) is 16.9. The third kappa shape index (κ3) is 4.01. The van der Waals surface area contributed by atoms with E-state index in [4.69, 9.17) is 10.5 Å². The number of pyridine rings is 1. The highest BCUT2D eigenvalue weighted by molar-refractivity contribution is 6.09. The number of nitrogens with one attached hydrogen (secondary N) is 1. The number of aromatic nitrogens is 3. The van der Waals surface area contributed by atoms with Crippen LogP contribution in [0, 0.1) is 6.92 Å². The number of ether oxygens (including phenoxy) is 1. The van der Waals surface area contributed by atoms with E-state index in [2.05, 4.69) is 46.6 Å². The van der Waals surface area contributed by atoms with E-state index >= 15 is 0 Å². The Morgan fingerprint density at radius 3 is 2.62 bits per heavy atom. The number of carbonyl (C=O) groups is 1. The highest BCUT2D eigenvalue weighted by Gasteiger charge is 2.20. The number of anilines is 1. The number of aryl methyl sites for hydroxylation is 1. The molecule has 4 aromatic rings. The van der Waals surface area contributed by atoms with Crippen molar-refractivity contribution in [3.05, 3.63) is 71.7 Å². The van der Waals surface area contributed by atoms with Crippen molar-refractivity contribution in [2.24, 2.45) is 0 Å². The molecule has 0 atom stereocenters. The maximum absolute atomic E-state index is 12.5. The first-order valence-electron chi connectivity index (χ1n) is 10.6. The second kappa shape index (κ2) is 9.09. The molecule has 0 aliphatic rings. The van der Waals surface area contributed by atoms with Crippen molar-refractivity contribution in [3.63, 3.8) is 0 Å². The van der Waals surface area contributed by atoms with Gasteiger partial charge in [0.1, 0.15) is 5.69 Å². The zero-order chi connectivity index (χ0) is 22.7. The van der Waals surface area contributed by atoms with Crippen LogP contribution in [0.2, 0.25) is 0 Å². The molecular weight excluding hydrogens is 402 g/mol. The molecule has 7 nitrogen and oxygen atoms in total. The second-order valence-electron chi connectivity index (χ2n) is 7.75. The van der Waals surface area contributed by atoms with Crippen LogP contribution >= 0.6 is 0 Å². The highest BCUT2D eigenvalue weighted by atomic mass is 16.5. The Bertz CT molecular complexity index is 1260. The van der Waals surface area contributed by atoms with Crippen molar-refractivity contribution in [1.82, 2.24) is 20.1 Å². The van der Waals surface area contributed by atoms with E-state index in [0.29, 0.717) is 24.5 Å². The van der Waals surface area contributed by atoms with Gasteiger partial charge in [-0.3, -0.25) is 9.48 Å². The highest BCUT2D eigenvalue weighted by Crippen LogP contribution is 2.37. The fourth-order valence-corrected chi connectivity index (χ4v) is 3.75. The third-order valence-electron chi connectivity index (χ3n) is 5.46. The summed E-state index contributed by atoms with van der Waals surface area (Å²) >= 11 is 0. The van der Waals surface area contributed by atoms with Gasteiger partial charge in [0.2, 0.25) is 0 Å². The van der Waals surface area contributed by atoms with E-state index in [1.807, 2.05) is 29.8 Å². The first-order chi connectivity index (χ1) is 15.5. The van der Waals surface area contributed by atoms with E-state index in [1.54, 1.807) is 19.5 Å². The minimum Gasteiger partial charge on any atom is -0.493 e. The van der Waals surface area contributed by atoms with Gasteiger partial charge >= 0.3 is 0 Å². The number of rotatable bonds is 7. The molecule has 0 saturated carbocycles. The van der Waals surface area contributed by atoms with Crippen LogP contribution in [-0.4, -0.2) is 34.3 Å². The van der Waals surface area contributed by atoms with Crippen LogP contribution in [-0.2, 0) is 6.54 Å². The van der Waals surface area contributed by atoms with Crippen LogP contribution < -0.4 is 15.8 Å². The first-order valence-corrected chi connectivity index (χ1v) is 10.6. The van der Waals surface area contributed by atoms with E-state index < -0.39 is 0 Å². The fraction of sp³-hybridized carbons (Fsp3) is 0.240. The average molecular weight is 430 g/mol. The summed E-state index contributed by atoms with van der Waals surface area (Å²) in [5.41, 5.74) is 11.1. The van der Waals surface area contributed by atoms with Gasteiger partial charge in [0.25, 0.3) is 5.91 Å². The number of methoxy groups -OCH3 is 1. The van der Waals surface area contributed by atoms with Gasteiger partial charge in [-0.25, -0.2) is 4.98 Å². The van der Waals surface area contributed by atoms with E-state index in [1.165, 1.54) is 5.56 Å². The quantitative estimate of drug-likeness (QED) is 0.459. The number of amides is 1. The Labute approximate surface area is 187 Å². The maximum Gasteiger partial charge on any atom is 0.272 e. The van der Waals surface area contributed by atoms with Crippen LogP contribution in [0.3, 0.4) is 0 Å². The van der Waals surface area contributed by atoms with Gasteiger partial charge in [-0.2, -0.15) is 5.10 Å². The predicted octanol–water partition coefficient (Wildman–Crippen LogP) is 4.19. The van der Waals surface area contributed by atoms with Gasteiger partial charge in [0.05, 0.1) is 25.5 Å². The van der Waals surface area contributed by atoms with Crippen molar-refractivity contribution in [2.45, 2.75) is 26.8 Å². The van der Waals surface area contributed by atoms with Gasteiger partial charge < -0.3 is 15.8 Å². The van der Waals surface area contributed by atoms with Crippen molar-refractivity contribution in [2.75, 3.05) is 19.4 Å². The Hall–Kier alpha value is -3.87. The van der Waals surface area contributed by atoms with Gasteiger partial charge in [0.15, 0.2) is 11.4 Å². The number of hydrogen-bond acceptors (Lipinski definition) is 5. The largest absolute Gasteiger partial charge is 0.493 e. The van der Waals surface area contributed by atoms with Crippen LogP contribution in [0.4, 0.5) is 5.69 Å². The molecule has 2 aromatic carbocycles. The molecule has 0 unspecified atom stereocenters. The molecule has 3 N–H and O–H groups in total. The number of carbonyl (C=O) groups excluding carboxylic acids is 1. The summed E-state index contributed by atoms with van der Waals surface area (Å²) in [5.74, 6) is 0.395. The predicted molar refractivity (Wildman–Crippen MR) is 127 cm³/mol. The van der Waals surface area contributed by atoms with Gasteiger partial charge in [-0.05, 0) is 18.9 Å². The molecule has 164 valence electrons. The van der Waals surface area contributed by atoms with Crippen LogP contribution in [0.1, 0.15) is 35.0 Å². The first kappa shape index (κ1) is 21.4. The van der Waals surface area contributed by atoms with Crippen molar-refractivity contribution < 1.29 is 9.53 Å². The lowest BCUT2D eigenvalue weighted by molar-refractivity contribution is 0.0950. The summed E-state index contributed by atoms with van der Waals surface area (Å²) < 4.78 is 7.54. The normalized spacial score (nSPS) is 11.0. The molecule has 7 heteroatoms. The Morgan fingerprint density at radius 2 is 1.91 bits per heavy atom. The summed E-state index contributed by atoms with van der Waals surface area (Å²) in [5, 5.41) is 9.01. The van der Waals surface area contributed by atoms with Crippen LogP contribution in [0.15, 0.2) is 54.9 Å². The van der Waals surface area contributed by atoms with Gasteiger partial charge in [0, 0.05) is 29.1 Å². The van der Waals surface area contributed by atoms with Crippen molar-refractivity contribution >= 4 is 22.4 Å². The summed E-state index contributed by atoms with van der Waals surface area (Å²) in [6, 6.07) is 14.2. The molecule has 32 heavy (non-hydrogen) atoms. The monoisotopic (exact) mass is 429 g/mol. The number of hydrogen-bond donors (Lipinski definition) is 2. The molecule has 0 bridgehead atoms. The van der Waals surface area contributed by atoms with E-state index in [-0.39, 0.29) is 11.6 Å². The molecule has 0 aliphatic heterocycles. The number of nitrogens with two attached hydrogens (primary N) is 1. The average Bonchev–Trinajstić information content (AvgIpc) is 3.21. The topological polar surface area (TPSA) is 95.1 Å². The standard InChI is InChI=1S/C25H27N5O2/c1-4-12-27-25(31)23-22(26)18-6-5-7-19(20(18)13-28-23)24-21(32-3)14-29-30(24)15-17-10-8-16(2)9-11-17/h5-11,13-14H,4,12,15,26H2,1-3H3,(H,27,31). The molecule has 2 aromatic heterocycles. The molecule has 0 aliphatic carbocycles. The Kier molecular flexibility index (Phi) is 6.07. The zero-order valence-corrected chi connectivity index (χ0v) is 18.6. The lowest BCUT2D eigenvalue weighted by Crippen LogP contribution is -2.26. The smallest absolute Gasteiger partial charge is 0.272 e. The molecular formula is C25H27N5O2. The lowest BCUT2D eigenvalue weighted by atomic mass is 10.0. The summed E-state index contributed by atoms with van der Waals surface area (Å²) in [7, 11) is 1.63. The zero-order valence-electron chi connectivity index (χ0n) is 18.6. The SMILES string of the molecule is CCCNC(=O)c1ncc2c(-c3c(OC)cnn3Cc3ccc(C)cc3)cccc2c1N. The number of nitrogens with zero attached hydrogens (tertiary/aromatic N) is 3. The second-order valence-corrected chi connectivity index (χ2v) is 7.75. The lowest BCUT2D eigenvalue weighted by Gasteiger charge is -2.14. The Morgan fingerprint density at radius 1 is 1.12 bits per heavy atom. The minimum atomic E-state index is -0.265. The third-order valence-corrected chi connectivity index (χ3v) is 5.46. The number of fused-ring (bicyclic) bond motifs is 1.